The lowest BCUT2D eigenvalue weighted by molar-refractivity contribution is -0.117. The molecule has 23 heavy (non-hydrogen) atoms. The van der Waals surface area contributed by atoms with E-state index in [-0.39, 0.29) is 5.91 Å². The molecule has 2 heterocycles. The van der Waals surface area contributed by atoms with Crippen LogP contribution in [0.15, 0.2) is 18.2 Å². The van der Waals surface area contributed by atoms with Crippen LogP contribution < -0.4 is 10.6 Å². The lowest BCUT2D eigenvalue weighted by atomic mass is 9.89. The molecule has 126 valence electrons. The number of benzene rings is 1. The molecular formula is C17H23ClN2O2S. The number of piperidine rings is 1. The zero-order valence-corrected chi connectivity index (χ0v) is 14.9. The number of hydrogen-bond acceptors (Lipinski definition) is 3. The van der Waals surface area contributed by atoms with Crippen molar-refractivity contribution in [2.24, 2.45) is 5.92 Å². The van der Waals surface area contributed by atoms with Crippen molar-refractivity contribution in [3.63, 3.8) is 0 Å². The average molecular weight is 355 g/mol. The summed E-state index contributed by atoms with van der Waals surface area (Å²) in [6, 6.07) is 6.59. The highest BCUT2D eigenvalue weighted by Gasteiger charge is 2.34. The minimum atomic E-state index is -0.959. The number of hydrogen-bond donors (Lipinski definition) is 2. The number of fused-ring (bicyclic) bond motifs is 2. The molecule has 0 aliphatic carbocycles. The Labute approximate surface area is 144 Å². The second-order valence-electron chi connectivity index (χ2n) is 6.75. The number of halogens is 1. The molecule has 0 radical (unpaired) electrons. The van der Waals surface area contributed by atoms with Gasteiger partial charge in [0.1, 0.15) is 0 Å². The van der Waals surface area contributed by atoms with Crippen LogP contribution in [0, 0.1) is 5.92 Å². The fraction of sp³-hybridized carbons (Fsp3) is 0.588. The van der Waals surface area contributed by atoms with Gasteiger partial charge in [-0.3, -0.25) is 9.00 Å². The van der Waals surface area contributed by atoms with Crippen LogP contribution >= 0.6 is 11.6 Å². The summed E-state index contributed by atoms with van der Waals surface area (Å²) in [6.45, 7) is 0. The summed E-state index contributed by atoms with van der Waals surface area (Å²) in [7, 11) is -0.959. The van der Waals surface area contributed by atoms with E-state index in [0.29, 0.717) is 35.2 Å². The van der Waals surface area contributed by atoms with Crippen molar-refractivity contribution in [2.45, 2.75) is 49.9 Å². The molecule has 0 aromatic heterocycles. The molecule has 2 aliphatic heterocycles. The standard InChI is InChI=1S/C17H23ClN2O2S/c1-23(22)10-12-9-15(4-5-16(12)18)20-17(21)8-11-6-13-2-3-14(7-11)19-13/h4-5,9,11,13-14,19H,2-3,6-8,10H2,1H3,(H,20,21). The largest absolute Gasteiger partial charge is 0.326 e. The fourth-order valence-corrected chi connectivity index (χ4v) is 4.74. The van der Waals surface area contributed by atoms with Crippen molar-refractivity contribution < 1.29 is 9.00 Å². The Hall–Kier alpha value is -0.910. The number of nitrogens with one attached hydrogen (secondary N) is 2. The Morgan fingerprint density at radius 1 is 1.35 bits per heavy atom. The van der Waals surface area contributed by atoms with E-state index >= 15 is 0 Å². The van der Waals surface area contributed by atoms with E-state index in [9.17, 15) is 9.00 Å². The van der Waals surface area contributed by atoms with Gasteiger partial charge in [-0.25, -0.2) is 0 Å². The Morgan fingerprint density at radius 3 is 2.70 bits per heavy atom. The highest BCUT2D eigenvalue weighted by Crippen LogP contribution is 2.33. The lowest BCUT2D eigenvalue weighted by Crippen LogP contribution is -2.39. The SMILES string of the molecule is CS(=O)Cc1cc(NC(=O)CC2CC3CCC(C2)N3)ccc1Cl. The highest BCUT2D eigenvalue weighted by atomic mass is 35.5. The van der Waals surface area contributed by atoms with Crippen LogP contribution in [0.1, 0.15) is 37.7 Å². The molecule has 3 unspecified atom stereocenters. The van der Waals surface area contributed by atoms with Gasteiger partial charge >= 0.3 is 0 Å². The van der Waals surface area contributed by atoms with E-state index < -0.39 is 10.8 Å². The summed E-state index contributed by atoms with van der Waals surface area (Å²) in [4.78, 5) is 12.3. The zero-order valence-electron chi connectivity index (χ0n) is 13.3. The molecule has 2 aliphatic rings. The van der Waals surface area contributed by atoms with Crippen molar-refractivity contribution in [1.29, 1.82) is 0 Å². The molecule has 2 fully saturated rings. The molecule has 1 amide bonds. The van der Waals surface area contributed by atoms with Crippen LogP contribution in [0.3, 0.4) is 0 Å². The van der Waals surface area contributed by atoms with Crippen LogP contribution in [-0.2, 0) is 21.3 Å². The topological polar surface area (TPSA) is 58.2 Å². The summed E-state index contributed by atoms with van der Waals surface area (Å²) < 4.78 is 11.4. The van der Waals surface area contributed by atoms with Crippen LogP contribution in [0.25, 0.3) is 0 Å². The molecule has 0 saturated carbocycles. The number of amides is 1. The second-order valence-corrected chi connectivity index (χ2v) is 8.59. The maximum atomic E-state index is 12.3. The van der Waals surface area contributed by atoms with Gasteiger partial charge in [-0.05, 0) is 55.4 Å². The minimum absolute atomic E-state index is 0.0576. The maximum absolute atomic E-state index is 12.3. The van der Waals surface area contributed by atoms with Crippen LogP contribution in [0.4, 0.5) is 5.69 Å². The van der Waals surface area contributed by atoms with Gasteiger partial charge in [-0.1, -0.05) is 11.6 Å². The first-order valence-corrected chi connectivity index (χ1v) is 10.2. The molecule has 1 aromatic carbocycles. The van der Waals surface area contributed by atoms with Gasteiger partial charge in [0.05, 0.1) is 0 Å². The Kier molecular flexibility index (Phi) is 5.39. The molecule has 3 atom stereocenters. The quantitative estimate of drug-likeness (QED) is 0.854. The predicted octanol–water partition coefficient (Wildman–Crippen LogP) is 3.08. The van der Waals surface area contributed by atoms with Gasteiger partial charge in [-0.15, -0.1) is 0 Å². The van der Waals surface area contributed by atoms with E-state index in [1.54, 1.807) is 18.4 Å². The van der Waals surface area contributed by atoms with E-state index in [4.69, 9.17) is 11.6 Å². The molecule has 6 heteroatoms. The van der Waals surface area contributed by atoms with Gasteiger partial charge in [0.15, 0.2) is 0 Å². The third-order valence-electron chi connectivity index (χ3n) is 4.73. The van der Waals surface area contributed by atoms with E-state index in [1.165, 1.54) is 12.8 Å². The van der Waals surface area contributed by atoms with Crippen LogP contribution in [0.5, 0.6) is 0 Å². The van der Waals surface area contributed by atoms with Gasteiger partial charge in [0.2, 0.25) is 5.91 Å². The molecule has 3 rings (SSSR count). The minimum Gasteiger partial charge on any atom is -0.326 e. The predicted molar refractivity (Wildman–Crippen MR) is 95.1 cm³/mol. The number of rotatable bonds is 5. The zero-order chi connectivity index (χ0) is 16.4. The summed E-state index contributed by atoms with van der Waals surface area (Å²) in [5.41, 5.74) is 1.54. The monoisotopic (exact) mass is 354 g/mol. The number of carbonyl (C=O) groups is 1. The van der Waals surface area contributed by atoms with E-state index in [2.05, 4.69) is 10.6 Å². The summed E-state index contributed by atoms with van der Waals surface area (Å²) >= 11 is 6.12. The Balaban J connectivity index is 1.58. The van der Waals surface area contributed by atoms with Gasteiger partial charge < -0.3 is 10.6 Å². The number of anilines is 1. The molecule has 0 spiro atoms. The first-order chi connectivity index (χ1) is 11.0. The third kappa shape index (κ3) is 4.55. The normalized spacial score (nSPS) is 27.7. The second kappa shape index (κ2) is 7.32. The van der Waals surface area contributed by atoms with Gasteiger partial charge in [-0.2, -0.15) is 0 Å². The fourth-order valence-electron chi connectivity index (χ4n) is 3.80. The van der Waals surface area contributed by atoms with Gasteiger partial charge in [0.25, 0.3) is 0 Å². The van der Waals surface area contributed by atoms with E-state index in [1.807, 2.05) is 6.07 Å². The molecule has 4 nitrogen and oxygen atoms in total. The lowest BCUT2D eigenvalue weighted by Gasteiger charge is -2.28. The van der Waals surface area contributed by atoms with Gasteiger partial charge in [0, 0.05) is 52.0 Å². The summed E-state index contributed by atoms with van der Waals surface area (Å²) in [5, 5.41) is 7.15. The molecule has 2 saturated heterocycles. The molecule has 2 N–H and O–H groups in total. The smallest absolute Gasteiger partial charge is 0.224 e. The highest BCUT2D eigenvalue weighted by molar-refractivity contribution is 7.83. The number of carbonyl (C=O) groups excluding carboxylic acids is 1. The molecule has 1 aromatic rings. The summed E-state index contributed by atoms with van der Waals surface area (Å²) in [5.74, 6) is 0.936. The maximum Gasteiger partial charge on any atom is 0.224 e. The average Bonchev–Trinajstić information content (AvgIpc) is 2.81. The molecular weight excluding hydrogens is 332 g/mol. The summed E-state index contributed by atoms with van der Waals surface area (Å²) in [6.07, 6.45) is 6.92. The van der Waals surface area contributed by atoms with Crippen molar-refractivity contribution in [1.82, 2.24) is 5.32 Å². The van der Waals surface area contributed by atoms with Crippen molar-refractivity contribution in [3.05, 3.63) is 28.8 Å². The Bertz CT molecular complexity index is 611. The van der Waals surface area contributed by atoms with E-state index in [0.717, 1.165) is 24.1 Å². The van der Waals surface area contributed by atoms with Crippen molar-refractivity contribution in [3.8, 4) is 0 Å². The van der Waals surface area contributed by atoms with Crippen molar-refractivity contribution >= 4 is 34.0 Å². The third-order valence-corrected chi connectivity index (χ3v) is 5.82. The van der Waals surface area contributed by atoms with Crippen molar-refractivity contribution in [2.75, 3.05) is 11.6 Å². The van der Waals surface area contributed by atoms with Crippen LogP contribution in [-0.4, -0.2) is 28.5 Å². The molecule has 2 bridgehead atoms. The Morgan fingerprint density at radius 2 is 2.04 bits per heavy atom. The van der Waals surface area contributed by atoms with Crippen LogP contribution in [0.2, 0.25) is 5.02 Å². The first kappa shape index (κ1) is 16.9. The first-order valence-electron chi connectivity index (χ1n) is 8.14.